The average Bonchev–Trinajstić information content (AvgIpc) is 2.57. The first-order valence-electron chi connectivity index (χ1n) is 8.94. The van der Waals surface area contributed by atoms with Gasteiger partial charge in [0.05, 0.1) is 11.8 Å². The van der Waals surface area contributed by atoms with E-state index in [0.29, 0.717) is 25.2 Å². The number of carbonyl (C=O) groups is 1. The molecule has 1 saturated heterocycles. The van der Waals surface area contributed by atoms with Crippen molar-refractivity contribution in [3.8, 4) is 0 Å². The summed E-state index contributed by atoms with van der Waals surface area (Å²) in [6, 6.07) is 5.16. The minimum Gasteiger partial charge on any atom is -0.392 e. The summed E-state index contributed by atoms with van der Waals surface area (Å²) in [6.07, 6.45) is 1.24. The summed E-state index contributed by atoms with van der Waals surface area (Å²) in [5.41, 5.74) is 6.27. The molecule has 2 fully saturated rings. The van der Waals surface area contributed by atoms with Crippen molar-refractivity contribution in [2.45, 2.75) is 57.7 Å². The Hall–Kier alpha value is -1.66. The number of aliphatic hydroxyl groups excluding tert-OH is 1. The highest BCUT2D eigenvalue weighted by Crippen LogP contribution is 2.48. The van der Waals surface area contributed by atoms with Gasteiger partial charge in [-0.25, -0.2) is 4.39 Å². The molecule has 5 nitrogen and oxygen atoms in total. The molecule has 4 N–H and O–H groups in total. The number of amides is 1. The lowest BCUT2D eigenvalue weighted by Crippen LogP contribution is -2.76. The van der Waals surface area contributed by atoms with Gasteiger partial charge in [-0.15, -0.1) is 0 Å². The van der Waals surface area contributed by atoms with Gasteiger partial charge in [-0.1, -0.05) is 19.9 Å². The van der Waals surface area contributed by atoms with Crippen LogP contribution in [0.15, 0.2) is 18.2 Å². The van der Waals surface area contributed by atoms with Crippen molar-refractivity contribution in [2.24, 2.45) is 11.1 Å². The van der Waals surface area contributed by atoms with Gasteiger partial charge in [0.1, 0.15) is 11.4 Å². The lowest BCUT2D eigenvalue weighted by atomic mass is 9.54. The molecular formula is C19H28FN3O2. The summed E-state index contributed by atoms with van der Waals surface area (Å²) in [6.45, 7) is 6.98. The molecule has 3 rings (SSSR count). The van der Waals surface area contributed by atoms with Crippen molar-refractivity contribution in [3.63, 3.8) is 0 Å². The van der Waals surface area contributed by atoms with Gasteiger partial charge in [-0.3, -0.25) is 4.79 Å². The third-order valence-electron chi connectivity index (χ3n) is 6.18. The van der Waals surface area contributed by atoms with Crippen LogP contribution in [0.5, 0.6) is 0 Å². The Morgan fingerprint density at radius 3 is 2.56 bits per heavy atom. The van der Waals surface area contributed by atoms with Crippen LogP contribution in [0.4, 0.5) is 10.1 Å². The second-order valence-corrected chi connectivity index (χ2v) is 8.10. The third kappa shape index (κ3) is 3.02. The van der Waals surface area contributed by atoms with Crippen molar-refractivity contribution >= 4 is 11.6 Å². The summed E-state index contributed by atoms with van der Waals surface area (Å²) in [4.78, 5) is 14.6. The summed E-state index contributed by atoms with van der Waals surface area (Å²) in [5, 5.41) is 12.9. The van der Waals surface area contributed by atoms with Crippen LogP contribution < -0.4 is 16.0 Å². The monoisotopic (exact) mass is 349 g/mol. The Labute approximate surface area is 148 Å². The van der Waals surface area contributed by atoms with E-state index in [-0.39, 0.29) is 17.8 Å². The number of hydrogen-bond acceptors (Lipinski definition) is 4. The summed E-state index contributed by atoms with van der Waals surface area (Å²) in [7, 11) is 0. The maximum absolute atomic E-state index is 14.0. The van der Waals surface area contributed by atoms with Crippen LogP contribution >= 0.6 is 0 Å². The number of nitrogens with zero attached hydrogens (tertiary/aromatic N) is 1. The molecule has 1 saturated carbocycles. The molecule has 25 heavy (non-hydrogen) atoms. The number of aliphatic hydroxyl groups is 1. The molecule has 0 aromatic heterocycles. The predicted octanol–water partition coefficient (Wildman–Crippen LogP) is 1.71. The molecule has 0 bridgehead atoms. The van der Waals surface area contributed by atoms with Gasteiger partial charge < -0.3 is 21.1 Å². The number of hydrogen-bond donors (Lipinski definition) is 3. The largest absolute Gasteiger partial charge is 0.392 e. The number of benzene rings is 1. The molecule has 1 aliphatic heterocycles. The first-order valence-corrected chi connectivity index (χ1v) is 8.94. The van der Waals surface area contributed by atoms with Crippen molar-refractivity contribution in [3.05, 3.63) is 29.6 Å². The molecule has 0 radical (unpaired) electrons. The lowest BCUT2D eigenvalue weighted by Gasteiger charge is -2.56. The van der Waals surface area contributed by atoms with Crippen molar-refractivity contribution in [1.82, 2.24) is 5.32 Å². The number of carbonyl (C=O) groups excluding carboxylic acids is 1. The molecule has 1 amide bonds. The Bertz CT molecular complexity index is 671. The molecule has 1 aromatic carbocycles. The van der Waals surface area contributed by atoms with E-state index >= 15 is 0 Å². The maximum atomic E-state index is 14.0. The van der Waals surface area contributed by atoms with E-state index in [1.807, 2.05) is 31.7 Å². The number of anilines is 1. The Balaban J connectivity index is 1.58. The van der Waals surface area contributed by atoms with E-state index in [1.165, 1.54) is 6.07 Å². The van der Waals surface area contributed by atoms with Crippen LogP contribution in [0, 0.1) is 18.2 Å². The summed E-state index contributed by atoms with van der Waals surface area (Å²) in [5.74, 6) is -0.401. The van der Waals surface area contributed by atoms with Crippen LogP contribution in [0.25, 0.3) is 0 Å². The number of nitrogens with two attached hydrogens (primary N) is 1. The van der Waals surface area contributed by atoms with Gasteiger partial charge in [0, 0.05) is 31.0 Å². The van der Waals surface area contributed by atoms with Gasteiger partial charge in [0.25, 0.3) is 0 Å². The van der Waals surface area contributed by atoms with Crippen LogP contribution in [-0.4, -0.2) is 41.8 Å². The summed E-state index contributed by atoms with van der Waals surface area (Å²) >= 11 is 0. The van der Waals surface area contributed by atoms with Crippen LogP contribution in [0.3, 0.4) is 0 Å². The summed E-state index contributed by atoms with van der Waals surface area (Å²) < 4.78 is 14.0. The van der Waals surface area contributed by atoms with Gasteiger partial charge in [0.15, 0.2) is 0 Å². The standard InChI is InChI=1S/C19H28FN3O2/c1-12-4-5-14(20)15(10-12)23-8-6-13(7-9-23)22-17(25)19(21)11-16(24)18(19,2)3/h4-5,10,13,16,24H,6-9,11,21H2,1-3H3,(H,22,25)/t16-,19-/m0/s1. The normalized spacial score (nSPS) is 29.2. The zero-order valence-electron chi connectivity index (χ0n) is 15.2. The average molecular weight is 349 g/mol. The molecule has 2 aliphatic rings. The van der Waals surface area contributed by atoms with Gasteiger partial charge in [-0.05, 0) is 37.5 Å². The number of halogens is 1. The Morgan fingerprint density at radius 1 is 1.36 bits per heavy atom. The second-order valence-electron chi connectivity index (χ2n) is 8.10. The fourth-order valence-electron chi connectivity index (χ4n) is 3.82. The third-order valence-corrected chi connectivity index (χ3v) is 6.18. The first-order chi connectivity index (χ1) is 11.6. The van der Waals surface area contributed by atoms with E-state index < -0.39 is 17.1 Å². The van der Waals surface area contributed by atoms with E-state index in [0.717, 1.165) is 18.4 Å². The fourth-order valence-corrected chi connectivity index (χ4v) is 3.82. The van der Waals surface area contributed by atoms with Crippen molar-refractivity contribution in [1.29, 1.82) is 0 Å². The second kappa shape index (κ2) is 6.25. The number of rotatable bonds is 3. The Morgan fingerprint density at radius 2 is 2.00 bits per heavy atom. The Kier molecular flexibility index (Phi) is 4.54. The van der Waals surface area contributed by atoms with Crippen LogP contribution in [0.1, 0.15) is 38.7 Å². The smallest absolute Gasteiger partial charge is 0.241 e. The van der Waals surface area contributed by atoms with Crippen LogP contribution in [-0.2, 0) is 4.79 Å². The number of nitrogens with one attached hydrogen (secondary N) is 1. The molecule has 1 aromatic rings. The molecule has 138 valence electrons. The first kappa shape index (κ1) is 18.1. The minimum absolute atomic E-state index is 0.0330. The minimum atomic E-state index is -1.02. The zero-order valence-corrected chi connectivity index (χ0v) is 15.2. The van der Waals surface area contributed by atoms with Gasteiger partial charge in [0.2, 0.25) is 5.91 Å². The van der Waals surface area contributed by atoms with Crippen LogP contribution in [0.2, 0.25) is 0 Å². The molecule has 0 unspecified atom stereocenters. The molecule has 1 heterocycles. The molecule has 0 spiro atoms. The van der Waals surface area contributed by atoms with E-state index in [2.05, 4.69) is 5.32 Å². The molecule has 2 atom stereocenters. The number of piperidine rings is 1. The highest BCUT2D eigenvalue weighted by molar-refractivity contribution is 5.89. The zero-order chi connectivity index (χ0) is 18.4. The highest BCUT2D eigenvalue weighted by Gasteiger charge is 2.62. The van der Waals surface area contributed by atoms with Gasteiger partial charge in [-0.2, -0.15) is 0 Å². The predicted molar refractivity (Wildman–Crippen MR) is 95.8 cm³/mol. The molecular weight excluding hydrogens is 321 g/mol. The van der Waals surface area contributed by atoms with Crippen molar-refractivity contribution < 1.29 is 14.3 Å². The number of aryl methyl sites for hydroxylation is 1. The molecule has 1 aliphatic carbocycles. The SMILES string of the molecule is Cc1ccc(F)c(N2CCC(NC(=O)[C@@]3(N)C[C@H](O)C3(C)C)CC2)c1. The highest BCUT2D eigenvalue weighted by atomic mass is 19.1. The van der Waals surface area contributed by atoms with E-state index in [9.17, 15) is 14.3 Å². The quantitative estimate of drug-likeness (QED) is 0.776. The van der Waals surface area contributed by atoms with E-state index in [1.54, 1.807) is 6.07 Å². The topological polar surface area (TPSA) is 78.6 Å². The molecule has 6 heteroatoms. The van der Waals surface area contributed by atoms with E-state index in [4.69, 9.17) is 5.73 Å². The van der Waals surface area contributed by atoms with Crippen molar-refractivity contribution in [2.75, 3.05) is 18.0 Å². The maximum Gasteiger partial charge on any atom is 0.241 e. The lowest BCUT2D eigenvalue weighted by molar-refractivity contribution is -0.159. The fraction of sp³-hybridized carbons (Fsp3) is 0.632. The van der Waals surface area contributed by atoms with Gasteiger partial charge >= 0.3 is 0 Å².